The fourth-order valence-electron chi connectivity index (χ4n) is 4.11. The van der Waals surface area contributed by atoms with E-state index in [1.807, 2.05) is 75.4 Å². The molecule has 0 saturated carbocycles. The largest absolute Gasteiger partial charge is 0.490 e. The Morgan fingerprint density at radius 3 is 2.36 bits per heavy atom. The van der Waals surface area contributed by atoms with Crippen LogP contribution in [-0.2, 0) is 22.6 Å². The van der Waals surface area contributed by atoms with E-state index in [1.54, 1.807) is 4.90 Å². The maximum Gasteiger partial charge on any atom is 0.311 e. The second-order valence-corrected chi connectivity index (χ2v) is 9.73. The van der Waals surface area contributed by atoms with Gasteiger partial charge in [-0.15, -0.1) is 0 Å². The van der Waals surface area contributed by atoms with Crippen LogP contribution in [0.25, 0.3) is 0 Å². The molecular formula is C30H35N3O6. The molecule has 0 bridgehead atoms. The van der Waals surface area contributed by atoms with Crippen LogP contribution in [0.2, 0.25) is 0 Å². The first-order valence-corrected chi connectivity index (χ1v) is 12.8. The maximum absolute atomic E-state index is 13.7. The first kappa shape index (κ1) is 29.2. The van der Waals surface area contributed by atoms with Crippen LogP contribution in [0.15, 0.2) is 72.8 Å². The van der Waals surface area contributed by atoms with Crippen molar-refractivity contribution in [3.63, 3.8) is 0 Å². The van der Waals surface area contributed by atoms with Gasteiger partial charge in [0, 0.05) is 31.6 Å². The molecule has 0 saturated heterocycles. The average molecular weight is 534 g/mol. The van der Waals surface area contributed by atoms with Crippen molar-refractivity contribution in [3.05, 3.63) is 99.6 Å². The summed E-state index contributed by atoms with van der Waals surface area (Å²) in [7, 11) is 1.32. The van der Waals surface area contributed by atoms with Crippen molar-refractivity contribution in [2.24, 2.45) is 5.92 Å². The van der Waals surface area contributed by atoms with Crippen LogP contribution in [0.4, 0.5) is 5.69 Å². The van der Waals surface area contributed by atoms with Crippen molar-refractivity contribution >= 4 is 17.5 Å². The van der Waals surface area contributed by atoms with Gasteiger partial charge in [-0.3, -0.25) is 19.7 Å². The molecule has 0 aliphatic carbocycles. The summed E-state index contributed by atoms with van der Waals surface area (Å²) in [6, 6.07) is 20.6. The van der Waals surface area contributed by atoms with Crippen LogP contribution >= 0.6 is 0 Å². The van der Waals surface area contributed by atoms with Crippen molar-refractivity contribution < 1.29 is 24.0 Å². The minimum atomic E-state index is -0.783. The molecule has 0 radical (unpaired) electrons. The third-order valence-electron chi connectivity index (χ3n) is 6.10. The molecular weight excluding hydrogens is 498 g/mol. The molecule has 9 heteroatoms. The predicted molar refractivity (Wildman–Crippen MR) is 149 cm³/mol. The Hall–Kier alpha value is -4.40. The second kappa shape index (κ2) is 13.9. The molecule has 1 N–H and O–H groups in total. The van der Waals surface area contributed by atoms with Crippen LogP contribution < -0.4 is 14.8 Å². The standard InChI is InChI=1S/C30H35N3O6/c1-21(2)18-31-30(35)27(16-23-10-6-5-7-11-23)32(19-24-12-8-9-22(3)15-24)29(34)20-39-25-13-14-26(33(36)37)28(17-25)38-4/h5-15,17,21,27H,16,18-20H2,1-4H3,(H,31,35)/t27-/m0/s1. The van der Waals surface area contributed by atoms with Gasteiger partial charge >= 0.3 is 5.69 Å². The number of carbonyl (C=O) groups is 2. The van der Waals surface area contributed by atoms with Crippen LogP contribution in [-0.4, -0.2) is 47.9 Å². The Labute approximate surface area is 228 Å². The number of hydrogen-bond acceptors (Lipinski definition) is 6. The molecule has 39 heavy (non-hydrogen) atoms. The Morgan fingerprint density at radius 2 is 1.72 bits per heavy atom. The van der Waals surface area contributed by atoms with Gasteiger partial charge in [0.1, 0.15) is 11.8 Å². The number of nitro benzene ring substituents is 1. The fraction of sp³-hybridized carbons (Fsp3) is 0.333. The number of nitro groups is 1. The number of carbonyl (C=O) groups excluding carboxylic acids is 2. The summed E-state index contributed by atoms with van der Waals surface area (Å²) in [5, 5.41) is 14.2. The van der Waals surface area contributed by atoms with Gasteiger partial charge in [-0.1, -0.05) is 74.0 Å². The molecule has 9 nitrogen and oxygen atoms in total. The number of amides is 2. The number of nitrogens with zero attached hydrogens (tertiary/aromatic N) is 2. The van der Waals surface area contributed by atoms with Gasteiger partial charge in [-0.05, 0) is 30.0 Å². The summed E-state index contributed by atoms with van der Waals surface area (Å²) in [6.45, 7) is 6.31. The van der Waals surface area contributed by atoms with Gasteiger partial charge in [-0.2, -0.15) is 0 Å². The lowest BCUT2D eigenvalue weighted by Gasteiger charge is -2.31. The second-order valence-electron chi connectivity index (χ2n) is 9.73. The molecule has 1 atom stereocenters. The highest BCUT2D eigenvalue weighted by atomic mass is 16.6. The Balaban J connectivity index is 1.91. The lowest BCUT2D eigenvalue weighted by Crippen LogP contribution is -2.52. The Morgan fingerprint density at radius 1 is 1.00 bits per heavy atom. The number of nitrogens with one attached hydrogen (secondary N) is 1. The molecule has 0 aliphatic heterocycles. The minimum absolute atomic E-state index is 0.0246. The molecule has 3 aromatic rings. The number of rotatable bonds is 13. The van der Waals surface area contributed by atoms with Crippen molar-refractivity contribution in [1.82, 2.24) is 10.2 Å². The molecule has 0 unspecified atom stereocenters. The minimum Gasteiger partial charge on any atom is -0.490 e. The highest BCUT2D eigenvalue weighted by Crippen LogP contribution is 2.30. The van der Waals surface area contributed by atoms with Crippen molar-refractivity contribution in [1.29, 1.82) is 0 Å². The van der Waals surface area contributed by atoms with Crippen LogP contribution in [0, 0.1) is 23.0 Å². The molecule has 0 spiro atoms. The average Bonchev–Trinajstić information content (AvgIpc) is 2.92. The van der Waals surface area contributed by atoms with E-state index in [0.29, 0.717) is 13.0 Å². The third-order valence-corrected chi connectivity index (χ3v) is 6.10. The molecule has 2 amide bonds. The quantitative estimate of drug-likeness (QED) is 0.252. The van der Waals surface area contributed by atoms with E-state index in [9.17, 15) is 19.7 Å². The molecule has 0 heterocycles. The summed E-state index contributed by atoms with van der Waals surface area (Å²) in [5.41, 5.74) is 2.64. The summed E-state index contributed by atoms with van der Waals surface area (Å²) in [5.74, 6) is -0.130. The van der Waals surface area contributed by atoms with Crippen molar-refractivity contribution in [3.8, 4) is 11.5 Å². The molecule has 0 aromatic heterocycles. The first-order chi connectivity index (χ1) is 18.7. The lowest BCUT2D eigenvalue weighted by atomic mass is 10.0. The highest BCUT2D eigenvalue weighted by molar-refractivity contribution is 5.88. The molecule has 0 aliphatic rings. The Bertz CT molecular complexity index is 1280. The van der Waals surface area contributed by atoms with E-state index >= 15 is 0 Å². The molecule has 0 fully saturated rings. The monoisotopic (exact) mass is 533 g/mol. The van der Waals surface area contributed by atoms with Crippen molar-refractivity contribution in [2.45, 2.75) is 39.8 Å². The zero-order valence-corrected chi connectivity index (χ0v) is 22.8. The van der Waals surface area contributed by atoms with Crippen LogP contribution in [0.3, 0.4) is 0 Å². The van der Waals surface area contributed by atoms with Crippen LogP contribution in [0.5, 0.6) is 11.5 Å². The van der Waals surface area contributed by atoms with Gasteiger partial charge in [0.15, 0.2) is 6.61 Å². The molecule has 206 valence electrons. The normalized spacial score (nSPS) is 11.5. The van der Waals surface area contributed by atoms with Gasteiger partial charge in [0.05, 0.1) is 12.0 Å². The molecule has 3 aromatic carbocycles. The van der Waals surface area contributed by atoms with E-state index in [4.69, 9.17) is 9.47 Å². The van der Waals surface area contributed by atoms with E-state index in [0.717, 1.165) is 16.7 Å². The Kier molecular flexibility index (Phi) is 10.4. The first-order valence-electron chi connectivity index (χ1n) is 12.8. The highest BCUT2D eigenvalue weighted by Gasteiger charge is 2.31. The summed E-state index contributed by atoms with van der Waals surface area (Å²) < 4.78 is 10.8. The maximum atomic E-state index is 13.7. The topological polar surface area (TPSA) is 111 Å². The smallest absolute Gasteiger partial charge is 0.311 e. The van der Waals surface area contributed by atoms with E-state index in [-0.39, 0.29) is 42.2 Å². The number of methoxy groups -OCH3 is 1. The van der Waals surface area contributed by atoms with Gasteiger partial charge in [-0.25, -0.2) is 0 Å². The summed E-state index contributed by atoms with van der Waals surface area (Å²) in [4.78, 5) is 39.4. The number of benzene rings is 3. The molecule has 3 rings (SSSR count). The van der Waals surface area contributed by atoms with E-state index < -0.39 is 16.9 Å². The summed E-state index contributed by atoms with van der Waals surface area (Å²) in [6.07, 6.45) is 0.327. The number of ether oxygens (including phenoxy) is 2. The van der Waals surface area contributed by atoms with Gasteiger partial charge in [0.25, 0.3) is 5.91 Å². The SMILES string of the molecule is COc1cc(OCC(=O)N(Cc2cccc(C)c2)[C@@H](Cc2ccccc2)C(=O)NCC(C)C)ccc1[N+](=O)[O-]. The van der Waals surface area contributed by atoms with Crippen molar-refractivity contribution in [2.75, 3.05) is 20.3 Å². The summed E-state index contributed by atoms with van der Waals surface area (Å²) >= 11 is 0. The zero-order valence-electron chi connectivity index (χ0n) is 22.8. The van der Waals surface area contributed by atoms with Crippen LogP contribution in [0.1, 0.15) is 30.5 Å². The van der Waals surface area contributed by atoms with E-state index in [1.165, 1.54) is 25.3 Å². The lowest BCUT2D eigenvalue weighted by molar-refractivity contribution is -0.385. The third kappa shape index (κ3) is 8.56. The number of aryl methyl sites for hydroxylation is 1. The van der Waals surface area contributed by atoms with Gasteiger partial charge < -0.3 is 19.7 Å². The van der Waals surface area contributed by atoms with Gasteiger partial charge in [0.2, 0.25) is 11.7 Å². The predicted octanol–water partition coefficient (Wildman–Crippen LogP) is 4.70. The van der Waals surface area contributed by atoms with E-state index in [2.05, 4.69) is 5.32 Å². The zero-order chi connectivity index (χ0) is 28.4. The number of hydrogen-bond donors (Lipinski definition) is 1. The fourth-order valence-corrected chi connectivity index (χ4v) is 4.11.